The maximum absolute atomic E-state index is 13.1. The van der Waals surface area contributed by atoms with Crippen LogP contribution in [0.3, 0.4) is 0 Å². The van der Waals surface area contributed by atoms with E-state index in [0.717, 1.165) is 37.7 Å². The molecule has 0 spiro atoms. The lowest BCUT2D eigenvalue weighted by Gasteiger charge is -2.42. The quantitative estimate of drug-likeness (QED) is 0.896. The molecule has 6 heteroatoms. The summed E-state index contributed by atoms with van der Waals surface area (Å²) in [5.74, 6) is -1.71. The molecule has 1 atom stereocenters. The van der Waals surface area contributed by atoms with Gasteiger partial charge in [0.1, 0.15) is 11.6 Å². The second-order valence-corrected chi connectivity index (χ2v) is 6.30. The lowest BCUT2D eigenvalue weighted by atomic mass is 9.80. The molecule has 0 bridgehead atoms. The Kier molecular flexibility index (Phi) is 4.58. The fourth-order valence-electron chi connectivity index (χ4n) is 2.65. The molecule has 1 heterocycles. The minimum absolute atomic E-state index is 0.0521. The lowest BCUT2D eigenvalue weighted by molar-refractivity contribution is -0.118. The number of rotatable bonds is 3. The molecule has 1 aromatic rings. The molecule has 1 aliphatic rings. The van der Waals surface area contributed by atoms with Crippen molar-refractivity contribution < 1.29 is 13.6 Å². The second-order valence-electron chi connectivity index (χ2n) is 6.30. The summed E-state index contributed by atoms with van der Waals surface area (Å²) < 4.78 is 26.1. The molecule has 116 valence electrons. The molecule has 0 saturated carbocycles. The maximum atomic E-state index is 13.1. The zero-order valence-corrected chi connectivity index (χ0v) is 12.3. The first-order valence-electron chi connectivity index (χ1n) is 7.00. The minimum atomic E-state index is -0.713. The Morgan fingerprint density at radius 3 is 2.57 bits per heavy atom. The number of amides is 1. The van der Waals surface area contributed by atoms with Crippen LogP contribution in [0.1, 0.15) is 20.3 Å². The number of likely N-dealkylation sites (tertiary alicyclic amines) is 1. The Balaban J connectivity index is 1.93. The van der Waals surface area contributed by atoms with Crippen LogP contribution < -0.4 is 11.1 Å². The normalized spacial score (nSPS) is 22.0. The molecule has 1 aromatic carbocycles. The summed E-state index contributed by atoms with van der Waals surface area (Å²) in [4.78, 5) is 14.0. The number of nitrogens with two attached hydrogens (primary N) is 1. The van der Waals surface area contributed by atoms with Gasteiger partial charge in [-0.15, -0.1) is 0 Å². The topological polar surface area (TPSA) is 58.4 Å². The van der Waals surface area contributed by atoms with Crippen LogP contribution in [0.2, 0.25) is 0 Å². The van der Waals surface area contributed by atoms with E-state index >= 15 is 0 Å². The van der Waals surface area contributed by atoms with Crippen LogP contribution in [0.4, 0.5) is 14.5 Å². The lowest BCUT2D eigenvalue weighted by Crippen LogP contribution is -2.53. The van der Waals surface area contributed by atoms with Gasteiger partial charge in [-0.05, 0) is 24.0 Å². The van der Waals surface area contributed by atoms with Crippen LogP contribution in [-0.4, -0.2) is 36.5 Å². The van der Waals surface area contributed by atoms with E-state index in [4.69, 9.17) is 5.73 Å². The molecule has 0 aliphatic carbocycles. The summed E-state index contributed by atoms with van der Waals surface area (Å²) >= 11 is 0. The van der Waals surface area contributed by atoms with Crippen molar-refractivity contribution in [2.45, 2.75) is 26.3 Å². The predicted molar refractivity (Wildman–Crippen MR) is 77.8 cm³/mol. The SMILES string of the molecule is CC1(C)CN(CC(=O)Nc2cc(F)cc(F)c2)CCC1N. The Bertz CT molecular complexity index is 513. The van der Waals surface area contributed by atoms with E-state index in [1.165, 1.54) is 0 Å². The predicted octanol–water partition coefficient (Wildman–Crippen LogP) is 1.96. The molecule has 1 aliphatic heterocycles. The number of hydrogen-bond donors (Lipinski definition) is 2. The largest absolute Gasteiger partial charge is 0.327 e. The first-order chi connectivity index (χ1) is 9.76. The van der Waals surface area contributed by atoms with E-state index in [0.29, 0.717) is 0 Å². The fraction of sp³-hybridized carbons (Fsp3) is 0.533. The number of anilines is 1. The van der Waals surface area contributed by atoms with Crippen molar-refractivity contribution >= 4 is 11.6 Å². The van der Waals surface area contributed by atoms with Gasteiger partial charge in [-0.25, -0.2) is 8.78 Å². The Labute approximate surface area is 123 Å². The molecule has 3 N–H and O–H groups in total. The van der Waals surface area contributed by atoms with Gasteiger partial charge in [0.15, 0.2) is 0 Å². The van der Waals surface area contributed by atoms with Crippen LogP contribution in [0.15, 0.2) is 18.2 Å². The van der Waals surface area contributed by atoms with E-state index in [9.17, 15) is 13.6 Å². The molecular formula is C15H21F2N3O. The van der Waals surface area contributed by atoms with Gasteiger partial charge in [-0.3, -0.25) is 9.69 Å². The molecule has 1 fully saturated rings. The third-order valence-electron chi connectivity index (χ3n) is 3.90. The number of nitrogens with zero attached hydrogens (tertiary/aromatic N) is 1. The smallest absolute Gasteiger partial charge is 0.238 e. The van der Waals surface area contributed by atoms with Crippen LogP contribution in [-0.2, 0) is 4.79 Å². The van der Waals surface area contributed by atoms with Crippen LogP contribution in [0.5, 0.6) is 0 Å². The first kappa shape index (κ1) is 15.9. The Hall–Kier alpha value is -1.53. The summed E-state index contributed by atoms with van der Waals surface area (Å²) in [6.07, 6.45) is 0.828. The molecule has 1 amide bonds. The van der Waals surface area contributed by atoms with Crippen LogP contribution in [0.25, 0.3) is 0 Å². The molecule has 2 rings (SSSR count). The molecule has 0 radical (unpaired) electrons. The van der Waals surface area contributed by atoms with Crippen molar-refractivity contribution in [3.8, 4) is 0 Å². The zero-order chi connectivity index (χ0) is 15.6. The van der Waals surface area contributed by atoms with Crippen molar-refractivity contribution in [3.05, 3.63) is 29.8 Å². The highest BCUT2D eigenvalue weighted by Gasteiger charge is 2.33. The van der Waals surface area contributed by atoms with Crippen molar-refractivity contribution in [3.63, 3.8) is 0 Å². The van der Waals surface area contributed by atoms with E-state index < -0.39 is 11.6 Å². The van der Waals surface area contributed by atoms with Crippen molar-refractivity contribution in [1.29, 1.82) is 0 Å². The fourth-order valence-corrected chi connectivity index (χ4v) is 2.65. The van der Waals surface area contributed by atoms with Crippen LogP contribution in [0, 0.1) is 17.0 Å². The molecule has 1 unspecified atom stereocenters. The maximum Gasteiger partial charge on any atom is 0.238 e. The van der Waals surface area contributed by atoms with E-state index in [1.54, 1.807) is 0 Å². The van der Waals surface area contributed by atoms with E-state index in [2.05, 4.69) is 19.2 Å². The van der Waals surface area contributed by atoms with Crippen LogP contribution >= 0.6 is 0 Å². The van der Waals surface area contributed by atoms with Gasteiger partial charge in [0.25, 0.3) is 0 Å². The number of carbonyl (C=O) groups is 1. The minimum Gasteiger partial charge on any atom is -0.327 e. The molecular weight excluding hydrogens is 276 g/mol. The van der Waals surface area contributed by atoms with Gasteiger partial charge in [-0.2, -0.15) is 0 Å². The standard InChI is InChI=1S/C15H21F2N3O/c1-15(2)9-20(4-3-13(15)18)8-14(21)19-12-6-10(16)5-11(17)7-12/h5-7,13H,3-4,8-9,18H2,1-2H3,(H,19,21). The van der Waals surface area contributed by atoms with Gasteiger partial charge in [0.05, 0.1) is 6.54 Å². The third kappa shape index (κ3) is 4.22. The molecule has 1 saturated heterocycles. The number of halogens is 2. The Morgan fingerprint density at radius 2 is 2.00 bits per heavy atom. The number of carbonyl (C=O) groups excluding carboxylic acids is 1. The number of piperidine rings is 1. The van der Waals surface area contributed by atoms with Gasteiger partial charge in [-0.1, -0.05) is 13.8 Å². The highest BCUT2D eigenvalue weighted by Crippen LogP contribution is 2.27. The number of benzene rings is 1. The number of hydrogen-bond acceptors (Lipinski definition) is 3. The van der Waals surface area contributed by atoms with E-state index in [-0.39, 0.29) is 29.6 Å². The highest BCUT2D eigenvalue weighted by molar-refractivity contribution is 5.92. The molecule has 4 nitrogen and oxygen atoms in total. The summed E-state index contributed by atoms with van der Waals surface area (Å²) in [7, 11) is 0. The van der Waals surface area contributed by atoms with Gasteiger partial charge >= 0.3 is 0 Å². The third-order valence-corrected chi connectivity index (χ3v) is 3.90. The number of nitrogens with one attached hydrogen (secondary N) is 1. The van der Waals surface area contributed by atoms with Crippen molar-refractivity contribution in [2.24, 2.45) is 11.1 Å². The Morgan fingerprint density at radius 1 is 1.38 bits per heavy atom. The summed E-state index contributed by atoms with van der Waals surface area (Å²) in [6, 6.07) is 3.08. The van der Waals surface area contributed by atoms with Crippen molar-refractivity contribution in [1.82, 2.24) is 4.90 Å². The van der Waals surface area contributed by atoms with Gasteiger partial charge in [0, 0.05) is 30.9 Å². The summed E-state index contributed by atoms with van der Waals surface area (Å²) in [5.41, 5.74) is 6.13. The molecule has 0 aromatic heterocycles. The zero-order valence-electron chi connectivity index (χ0n) is 12.3. The average Bonchev–Trinajstić information content (AvgIpc) is 2.32. The summed E-state index contributed by atoms with van der Waals surface area (Å²) in [6.45, 7) is 5.80. The van der Waals surface area contributed by atoms with Gasteiger partial charge < -0.3 is 11.1 Å². The monoisotopic (exact) mass is 297 g/mol. The average molecular weight is 297 g/mol. The van der Waals surface area contributed by atoms with E-state index in [1.807, 2.05) is 4.90 Å². The van der Waals surface area contributed by atoms with Gasteiger partial charge in [0.2, 0.25) is 5.91 Å². The molecule has 21 heavy (non-hydrogen) atoms. The highest BCUT2D eigenvalue weighted by atomic mass is 19.1. The van der Waals surface area contributed by atoms with Crippen molar-refractivity contribution in [2.75, 3.05) is 25.0 Å². The second kappa shape index (κ2) is 6.07. The summed E-state index contributed by atoms with van der Waals surface area (Å²) in [5, 5.41) is 2.52. The first-order valence-corrected chi connectivity index (χ1v) is 7.00.